The Balaban J connectivity index is 2.90. The lowest BCUT2D eigenvalue weighted by Gasteiger charge is -2.34. The van der Waals surface area contributed by atoms with E-state index in [4.69, 9.17) is 0 Å². The maximum Gasteiger partial charge on any atom is 0.329 e. The number of nitrogens with zero attached hydrogens (tertiary/aromatic N) is 1. The highest BCUT2D eigenvalue weighted by atomic mass is 16.4. The van der Waals surface area contributed by atoms with Crippen LogP contribution in [0.5, 0.6) is 0 Å². The molecule has 0 aliphatic carbocycles. The number of rotatable bonds is 5. The molecule has 2 N–H and O–H groups in total. The molecular formula is C15H22N2O3. The Labute approximate surface area is 119 Å². The van der Waals surface area contributed by atoms with Gasteiger partial charge in [-0.1, -0.05) is 19.1 Å². The molecule has 1 rings (SSSR count). The Morgan fingerprint density at radius 1 is 1.30 bits per heavy atom. The molecule has 0 atom stereocenters. The number of carbonyl (C=O) groups excluding carboxylic acids is 1. The number of hydrogen-bond donors (Lipinski definition) is 2. The van der Waals surface area contributed by atoms with Crippen LogP contribution in [-0.2, 0) is 11.2 Å². The Kier molecular flexibility index (Phi) is 5.13. The zero-order valence-corrected chi connectivity index (χ0v) is 12.4. The average molecular weight is 278 g/mol. The number of amides is 2. The maximum atomic E-state index is 12.2. The van der Waals surface area contributed by atoms with Gasteiger partial charge in [-0.15, -0.1) is 0 Å². The molecule has 1 aromatic carbocycles. The summed E-state index contributed by atoms with van der Waals surface area (Å²) < 4.78 is 0. The molecule has 0 aliphatic rings. The van der Waals surface area contributed by atoms with Gasteiger partial charge >= 0.3 is 12.0 Å². The topological polar surface area (TPSA) is 69.6 Å². The quantitative estimate of drug-likeness (QED) is 0.870. The fraction of sp³-hybridized carbons (Fsp3) is 0.467. The number of urea groups is 1. The summed E-state index contributed by atoms with van der Waals surface area (Å²) in [6, 6.07) is 7.12. The summed E-state index contributed by atoms with van der Waals surface area (Å²) in [4.78, 5) is 24.8. The van der Waals surface area contributed by atoms with Gasteiger partial charge in [0, 0.05) is 12.2 Å². The molecule has 0 aromatic heterocycles. The summed E-state index contributed by atoms with van der Waals surface area (Å²) in [5.74, 6) is -1.03. The van der Waals surface area contributed by atoms with E-state index >= 15 is 0 Å². The summed E-state index contributed by atoms with van der Waals surface area (Å²) in [5.41, 5.74) is 0.540. The van der Waals surface area contributed by atoms with Crippen LogP contribution in [0.4, 0.5) is 10.5 Å². The number of aryl methyl sites for hydroxylation is 1. The van der Waals surface area contributed by atoms with Crippen LogP contribution in [0, 0.1) is 0 Å². The molecular weight excluding hydrogens is 256 g/mol. The number of likely N-dealkylation sites (N-methyl/N-ethyl adjacent to an activating group) is 1. The third kappa shape index (κ3) is 3.50. The smallest absolute Gasteiger partial charge is 0.329 e. The van der Waals surface area contributed by atoms with Crippen LogP contribution in [-0.4, -0.2) is 34.1 Å². The molecule has 0 saturated heterocycles. The average Bonchev–Trinajstić information content (AvgIpc) is 2.39. The van der Waals surface area contributed by atoms with Crippen molar-refractivity contribution in [1.29, 1.82) is 0 Å². The van der Waals surface area contributed by atoms with E-state index in [9.17, 15) is 14.7 Å². The first-order chi connectivity index (χ1) is 9.32. The molecule has 0 radical (unpaired) electrons. The van der Waals surface area contributed by atoms with Gasteiger partial charge in [-0.25, -0.2) is 9.59 Å². The number of carboxylic acid groups (broad SMARTS) is 1. The van der Waals surface area contributed by atoms with Crippen LogP contribution < -0.4 is 5.32 Å². The fourth-order valence-electron chi connectivity index (χ4n) is 1.97. The molecule has 1 aromatic rings. The Bertz CT molecular complexity index is 498. The number of aliphatic carboxylic acids is 1. The zero-order chi connectivity index (χ0) is 15.3. The van der Waals surface area contributed by atoms with Gasteiger partial charge in [0.2, 0.25) is 0 Å². The largest absolute Gasteiger partial charge is 0.480 e. The summed E-state index contributed by atoms with van der Waals surface area (Å²) in [7, 11) is 0. The standard InChI is InChI=1S/C15H22N2O3/c1-5-11-8-7-9-12(10-11)16-14(20)17(6-2)15(3,4)13(18)19/h7-10H,5-6H2,1-4H3,(H,16,20)(H,18,19). The third-order valence-electron chi connectivity index (χ3n) is 3.35. The van der Waals surface area contributed by atoms with Crippen LogP contribution in [0.15, 0.2) is 24.3 Å². The second kappa shape index (κ2) is 6.41. The Hall–Kier alpha value is -2.04. The van der Waals surface area contributed by atoms with Gasteiger partial charge in [0.1, 0.15) is 5.54 Å². The van der Waals surface area contributed by atoms with Gasteiger partial charge < -0.3 is 15.3 Å². The Morgan fingerprint density at radius 3 is 2.45 bits per heavy atom. The molecule has 0 aliphatic heterocycles. The highest BCUT2D eigenvalue weighted by Gasteiger charge is 2.36. The first kappa shape index (κ1) is 16.0. The van der Waals surface area contributed by atoms with Crippen molar-refractivity contribution in [3.8, 4) is 0 Å². The van der Waals surface area contributed by atoms with Crippen molar-refractivity contribution < 1.29 is 14.7 Å². The van der Waals surface area contributed by atoms with E-state index in [-0.39, 0.29) is 0 Å². The predicted octanol–water partition coefficient (Wildman–Crippen LogP) is 2.97. The molecule has 0 bridgehead atoms. The first-order valence-corrected chi connectivity index (χ1v) is 6.73. The lowest BCUT2D eigenvalue weighted by Crippen LogP contribution is -2.54. The van der Waals surface area contributed by atoms with Crippen molar-refractivity contribution >= 4 is 17.7 Å². The molecule has 0 saturated carbocycles. The minimum absolute atomic E-state index is 0.318. The van der Waals surface area contributed by atoms with Gasteiger partial charge in [0.05, 0.1) is 0 Å². The monoisotopic (exact) mass is 278 g/mol. The zero-order valence-electron chi connectivity index (χ0n) is 12.4. The van der Waals surface area contributed by atoms with Crippen molar-refractivity contribution in [2.45, 2.75) is 39.7 Å². The van der Waals surface area contributed by atoms with E-state index < -0.39 is 17.5 Å². The van der Waals surface area contributed by atoms with E-state index in [1.807, 2.05) is 25.1 Å². The van der Waals surface area contributed by atoms with Gasteiger partial charge in [-0.3, -0.25) is 0 Å². The minimum atomic E-state index is -1.25. The molecule has 110 valence electrons. The SMILES string of the molecule is CCc1cccc(NC(=O)N(CC)C(C)(C)C(=O)O)c1. The number of anilines is 1. The van der Waals surface area contributed by atoms with E-state index in [0.717, 1.165) is 12.0 Å². The molecule has 0 fully saturated rings. The van der Waals surface area contributed by atoms with Crippen LogP contribution in [0.25, 0.3) is 0 Å². The molecule has 0 heterocycles. The molecule has 20 heavy (non-hydrogen) atoms. The fourth-order valence-corrected chi connectivity index (χ4v) is 1.97. The minimum Gasteiger partial charge on any atom is -0.480 e. The van der Waals surface area contributed by atoms with Crippen LogP contribution in [0.3, 0.4) is 0 Å². The van der Waals surface area contributed by atoms with Crippen molar-refractivity contribution in [1.82, 2.24) is 4.90 Å². The molecule has 5 nitrogen and oxygen atoms in total. The van der Waals surface area contributed by atoms with E-state index in [0.29, 0.717) is 12.2 Å². The van der Waals surface area contributed by atoms with Gasteiger partial charge in [0.25, 0.3) is 0 Å². The van der Waals surface area contributed by atoms with Crippen molar-refractivity contribution in [2.75, 3.05) is 11.9 Å². The number of carboxylic acids is 1. The molecule has 0 unspecified atom stereocenters. The lowest BCUT2D eigenvalue weighted by molar-refractivity contribution is -0.147. The second-order valence-corrected chi connectivity index (χ2v) is 5.09. The number of benzene rings is 1. The van der Waals surface area contributed by atoms with E-state index in [1.165, 1.54) is 18.7 Å². The van der Waals surface area contributed by atoms with Crippen molar-refractivity contribution in [3.63, 3.8) is 0 Å². The normalized spacial score (nSPS) is 11.0. The number of hydrogen-bond acceptors (Lipinski definition) is 2. The van der Waals surface area contributed by atoms with Crippen molar-refractivity contribution in [3.05, 3.63) is 29.8 Å². The summed E-state index contributed by atoms with van der Waals surface area (Å²) >= 11 is 0. The molecule has 2 amide bonds. The number of carbonyl (C=O) groups is 2. The van der Waals surface area contributed by atoms with Crippen molar-refractivity contribution in [2.24, 2.45) is 0 Å². The summed E-state index contributed by atoms with van der Waals surface area (Å²) in [6.07, 6.45) is 0.877. The predicted molar refractivity (Wildman–Crippen MR) is 78.9 cm³/mol. The Morgan fingerprint density at radius 2 is 1.95 bits per heavy atom. The lowest BCUT2D eigenvalue weighted by atomic mass is 10.0. The molecule has 0 spiro atoms. The third-order valence-corrected chi connectivity index (χ3v) is 3.35. The van der Waals surface area contributed by atoms with Crippen LogP contribution in [0.1, 0.15) is 33.3 Å². The second-order valence-electron chi connectivity index (χ2n) is 5.09. The highest BCUT2D eigenvalue weighted by molar-refractivity contribution is 5.93. The van der Waals surface area contributed by atoms with Crippen LogP contribution in [0.2, 0.25) is 0 Å². The van der Waals surface area contributed by atoms with Gasteiger partial charge in [0.15, 0.2) is 0 Å². The molecule has 5 heteroatoms. The first-order valence-electron chi connectivity index (χ1n) is 6.73. The van der Waals surface area contributed by atoms with Gasteiger partial charge in [-0.05, 0) is 44.9 Å². The van der Waals surface area contributed by atoms with Crippen LogP contribution >= 0.6 is 0 Å². The number of nitrogens with one attached hydrogen (secondary N) is 1. The van der Waals surface area contributed by atoms with E-state index in [2.05, 4.69) is 5.32 Å². The van der Waals surface area contributed by atoms with Gasteiger partial charge in [-0.2, -0.15) is 0 Å². The highest BCUT2D eigenvalue weighted by Crippen LogP contribution is 2.18. The summed E-state index contributed by atoms with van der Waals surface area (Å²) in [6.45, 7) is 7.14. The summed E-state index contributed by atoms with van der Waals surface area (Å²) in [5, 5.41) is 12.0. The maximum absolute atomic E-state index is 12.2. The van der Waals surface area contributed by atoms with E-state index in [1.54, 1.807) is 13.0 Å².